The summed E-state index contributed by atoms with van der Waals surface area (Å²) < 4.78 is 16.5. The van der Waals surface area contributed by atoms with Crippen molar-refractivity contribution in [3.05, 3.63) is 52.8 Å². The predicted octanol–water partition coefficient (Wildman–Crippen LogP) is 4.47. The van der Waals surface area contributed by atoms with Crippen molar-refractivity contribution >= 4 is 5.78 Å². The Kier molecular flexibility index (Phi) is 5.21. The van der Waals surface area contributed by atoms with E-state index in [1.807, 2.05) is 32.0 Å². The van der Waals surface area contributed by atoms with E-state index >= 15 is 0 Å². The van der Waals surface area contributed by atoms with Crippen molar-refractivity contribution in [1.29, 1.82) is 0 Å². The van der Waals surface area contributed by atoms with E-state index in [1.54, 1.807) is 13.0 Å². The van der Waals surface area contributed by atoms with Gasteiger partial charge in [0, 0.05) is 25.8 Å². The highest BCUT2D eigenvalue weighted by atomic mass is 16.5. The average Bonchev–Trinajstić information content (AvgIpc) is 3.22. The molecule has 0 saturated heterocycles. The van der Waals surface area contributed by atoms with Gasteiger partial charge in [0.05, 0.1) is 6.61 Å². The van der Waals surface area contributed by atoms with Crippen molar-refractivity contribution in [2.75, 3.05) is 6.61 Å². The summed E-state index contributed by atoms with van der Waals surface area (Å²) in [6.07, 6.45) is 1.53. The van der Waals surface area contributed by atoms with Crippen molar-refractivity contribution < 1.29 is 18.5 Å². The van der Waals surface area contributed by atoms with E-state index in [2.05, 4.69) is 10.1 Å². The molecule has 0 unspecified atom stereocenters. The molecule has 0 fully saturated rings. The molecule has 0 radical (unpaired) electrons. The number of furan rings is 1. The van der Waals surface area contributed by atoms with E-state index in [4.69, 9.17) is 13.7 Å². The summed E-state index contributed by atoms with van der Waals surface area (Å²) in [7, 11) is 0. The molecule has 136 valence electrons. The Labute approximate surface area is 152 Å². The molecule has 0 aliphatic carbocycles. The molecule has 0 atom stereocenters. The standard InChI is InChI=1S/C20H22N2O4/c1-12-10-16(20-21-15(4)26-22-20)11-13(2)19(12)24-9-5-6-17-7-8-18(25-17)14(3)23/h7-8,10-11H,5-6,9H2,1-4H3. The van der Waals surface area contributed by atoms with Gasteiger partial charge in [-0.2, -0.15) is 4.98 Å². The summed E-state index contributed by atoms with van der Waals surface area (Å²) in [4.78, 5) is 15.5. The Morgan fingerprint density at radius 3 is 2.46 bits per heavy atom. The van der Waals surface area contributed by atoms with E-state index < -0.39 is 0 Å². The van der Waals surface area contributed by atoms with Crippen LogP contribution < -0.4 is 4.74 Å². The molecular weight excluding hydrogens is 332 g/mol. The maximum Gasteiger partial charge on any atom is 0.223 e. The molecule has 0 aliphatic rings. The lowest BCUT2D eigenvalue weighted by atomic mass is 10.1. The van der Waals surface area contributed by atoms with Gasteiger partial charge in [-0.15, -0.1) is 0 Å². The van der Waals surface area contributed by atoms with E-state index in [1.165, 1.54) is 6.92 Å². The number of carbonyl (C=O) groups is 1. The van der Waals surface area contributed by atoms with Crippen molar-refractivity contribution in [2.45, 2.75) is 40.5 Å². The van der Waals surface area contributed by atoms with Crippen LogP contribution in [-0.4, -0.2) is 22.5 Å². The molecule has 1 aromatic carbocycles. The normalized spacial score (nSPS) is 10.9. The Hall–Kier alpha value is -2.89. The first-order valence-electron chi connectivity index (χ1n) is 8.58. The number of ketones is 1. The Morgan fingerprint density at radius 1 is 1.15 bits per heavy atom. The lowest BCUT2D eigenvalue weighted by Crippen LogP contribution is -2.02. The number of rotatable bonds is 7. The second-order valence-corrected chi connectivity index (χ2v) is 6.35. The van der Waals surface area contributed by atoms with Crippen molar-refractivity contribution in [3.8, 4) is 17.1 Å². The molecule has 0 bridgehead atoms. The number of hydrogen-bond acceptors (Lipinski definition) is 6. The molecule has 6 heteroatoms. The molecule has 0 aliphatic heterocycles. The Bertz CT molecular complexity index is 901. The highest BCUT2D eigenvalue weighted by molar-refractivity contribution is 5.91. The van der Waals surface area contributed by atoms with E-state index in [-0.39, 0.29) is 5.78 Å². The highest BCUT2D eigenvalue weighted by Crippen LogP contribution is 2.29. The lowest BCUT2D eigenvalue weighted by Gasteiger charge is -2.13. The Balaban J connectivity index is 1.60. The van der Waals surface area contributed by atoms with Crippen LogP contribution in [0.2, 0.25) is 0 Å². The van der Waals surface area contributed by atoms with Gasteiger partial charge in [-0.3, -0.25) is 4.79 Å². The number of Topliss-reactive ketones (excluding diaryl/α,β-unsaturated/α-hetero) is 1. The van der Waals surface area contributed by atoms with Gasteiger partial charge in [-0.05, 0) is 55.7 Å². The van der Waals surface area contributed by atoms with Crippen molar-refractivity contribution in [3.63, 3.8) is 0 Å². The fourth-order valence-electron chi connectivity index (χ4n) is 2.85. The predicted molar refractivity (Wildman–Crippen MR) is 96.5 cm³/mol. The van der Waals surface area contributed by atoms with Gasteiger partial charge >= 0.3 is 0 Å². The summed E-state index contributed by atoms with van der Waals surface area (Å²) in [6.45, 7) is 7.84. The molecule has 2 heterocycles. The molecule has 0 N–H and O–H groups in total. The topological polar surface area (TPSA) is 78.4 Å². The third-order valence-electron chi connectivity index (χ3n) is 4.07. The van der Waals surface area contributed by atoms with Crippen LogP contribution in [0.1, 0.15) is 46.7 Å². The number of benzene rings is 1. The zero-order valence-corrected chi connectivity index (χ0v) is 15.5. The van der Waals surface area contributed by atoms with Gasteiger partial charge in [0.2, 0.25) is 11.7 Å². The second kappa shape index (κ2) is 7.56. The van der Waals surface area contributed by atoms with Gasteiger partial charge in [-0.25, -0.2) is 0 Å². The minimum Gasteiger partial charge on any atom is -0.493 e. The molecule has 2 aromatic heterocycles. The number of aryl methyl sites for hydroxylation is 4. The van der Waals surface area contributed by atoms with Crippen molar-refractivity contribution in [1.82, 2.24) is 10.1 Å². The molecule has 3 rings (SSSR count). The third-order valence-corrected chi connectivity index (χ3v) is 4.07. The first-order chi connectivity index (χ1) is 12.4. The quantitative estimate of drug-likeness (QED) is 0.460. The molecule has 0 saturated carbocycles. The maximum atomic E-state index is 11.2. The number of hydrogen-bond donors (Lipinski definition) is 0. The van der Waals surface area contributed by atoms with Crippen LogP contribution in [0.4, 0.5) is 0 Å². The van der Waals surface area contributed by atoms with Gasteiger partial charge in [-0.1, -0.05) is 5.16 Å². The van der Waals surface area contributed by atoms with Crippen LogP contribution >= 0.6 is 0 Å². The third kappa shape index (κ3) is 4.02. The van der Waals surface area contributed by atoms with Crippen LogP contribution in [0.25, 0.3) is 11.4 Å². The smallest absolute Gasteiger partial charge is 0.223 e. The van der Waals surface area contributed by atoms with Gasteiger partial charge in [0.1, 0.15) is 11.5 Å². The summed E-state index contributed by atoms with van der Waals surface area (Å²) >= 11 is 0. The molecular formula is C20H22N2O4. The fourth-order valence-corrected chi connectivity index (χ4v) is 2.85. The fraction of sp³-hybridized carbons (Fsp3) is 0.350. The summed E-state index contributed by atoms with van der Waals surface area (Å²) in [5, 5.41) is 3.96. The second-order valence-electron chi connectivity index (χ2n) is 6.35. The van der Waals surface area contributed by atoms with E-state index in [0.29, 0.717) is 24.1 Å². The molecule has 6 nitrogen and oxygen atoms in total. The van der Waals surface area contributed by atoms with Gasteiger partial charge in [0.15, 0.2) is 11.5 Å². The first kappa shape index (κ1) is 17.9. The largest absolute Gasteiger partial charge is 0.493 e. The number of nitrogens with zero attached hydrogens (tertiary/aromatic N) is 2. The van der Waals surface area contributed by atoms with Crippen LogP contribution in [0.15, 0.2) is 33.2 Å². The minimum absolute atomic E-state index is 0.0596. The van der Waals surface area contributed by atoms with Gasteiger partial charge < -0.3 is 13.7 Å². The molecule has 3 aromatic rings. The van der Waals surface area contributed by atoms with Crippen molar-refractivity contribution in [2.24, 2.45) is 0 Å². The monoisotopic (exact) mass is 354 g/mol. The zero-order valence-electron chi connectivity index (χ0n) is 15.5. The molecule has 0 spiro atoms. The molecule has 26 heavy (non-hydrogen) atoms. The Morgan fingerprint density at radius 2 is 1.88 bits per heavy atom. The van der Waals surface area contributed by atoms with Crippen LogP contribution in [0.5, 0.6) is 5.75 Å². The molecule has 0 amide bonds. The lowest BCUT2D eigenvalue weighted by molar-refractivity contribution is 0.0985. The average molecular weight is 354 g/mol. The van der Waals surface area contributed by atoms with Crippen LogP contribution in [0, 0.1) is 20.8 Å². The zero-order chi connectivity index (χ0) is 18.7. The van der Waals surface area contributed by atoms with E-state index in [9.17, 15) is 4.79 Å². The maximum absolute atomic E-state index is 11.2. The minimum atomic E-state index is -0.0596. The summed E-state index contributed by atoms with van der Waals surface area (Å²) in [5.74, 6) is 3.14. The number of aromatic nitrogens is 2. The SMILES string of the molecule is CC(=O)c1ccc(CCCOc2c(C)cc(-c3noc(C)n3)cc2C)o1. The first-order valence-corrected chi connectivity index (χ1v) is 8.58. The van der Waals surface area contributed by atoms with Crippen LogP contribution in [0.3, 0.4) is 0 Å². The summed E-state index contributed by atoms with van der Waals surface area (Å²) in [6, 6.07) is 7.55. The highest BCUT2D eigenvalue weighted by Gasteiger charge is 2.12. The number of carbonyl (C=O) groups excluding carboxylic acids is 1. The van der Waals surface area contributed by atoms with E-state index in [0.717, 1.165) is 41.0 Å². The number of ether oxygens (including phenoxy) is 1. The van der Waals surface area contributed by atoms with Gasteiger partial charge in [0.25, 0.3) is 0 Å². The van der Waals surface area contributed by atoms with Crippen LogP contribution in [-0.2, 0) is 6.42 Å². The summed E-state index contributed by atoms with van der Waals surface area (Å²) in [5.41, 5.74) is 2.97.